The summed E-state index contributed by atoms with van der Waals surface area (Å²) in [6, 6.07) is 1.87. The Balaban J connectivity index is 3.05. The molecule has 0 unspecified atom stereocenters. The predicted molar refractivity (Wildman–Crippen MR) is 49.5 cm³/mol. The van der Waals surface area contributed by atoms with Crippen molar-refractivity contribution in [3.05, 3.63) is 27.5 Å². The zero-order valence-electron chi connectivity index (χ0n) is 5.64. The van der Waals surface area contributed by atoms with Crippen LogP contribution in [0.5, 0.6) is 0 Å². The van der Waals surface area contributed by atoms with Crippen LogP contribution in [0.3, 0.4) is 0 Å². The van der Waals surface area contributed by atoms with Crippen molar-refractivity contribution in [3.8, 4) is 12.3 Å². The summed E-state index contributed by atoms with van der Waals surface area (Å²) in [6.45, 7) is 0. The van der Waals surface area contributed by atoms with Crippen molar-refractivity contribution in [2.75, 3.05) is 0 Å². The highest BCUT2D eigenvalue weighted by Crippen LogP contribution is 2.17. The van der Waals surface area contributed by atoms with Gasteiger partial charge in [0.15, 0.2) is 0 Å². The van der Waals surface area contributed by atoms with Crippen LogP contribution in [-0.2, 0) is 6.42 Å². The average Bonchev–Trinajstić information content (AvgIpc) is 1.98. The summed E-state index contributed by atoms with van der Waals surface area (Å²) in [5, 5.41) is 0.478. The van der Waals surface area contributed by atoms with Crippen LogP contribution in [0, 0.1) is 12.3 Å². The molecule has 0 aromatic carbocycles. The average molecular weight is 230 g/mol. The molecule has 3 heteroatoms. The van der Waals surface area contributed by atoms with E-state index in [9.17, 15) is 0 Å². The Morgan fingerprint density at radius 3 is 3.09 bits per heavy atom. The van der Waals surface area contributed by atoms with E-state index in [0.29, 0.717) is 11.6 Å². The Morgan fingerprint density at radius 1 is 1.73 bits per heavy atom. The molecule has 1 nitrogen and oxygen atoms in total. The van der Waals surface area contributed by atoms with E-state index < -0.39 is 0 Å². The van der Waals surface area contributed by atoms with Crippen molar-refractivity contribution >= 4 is 27.5 Å². The van der Waals surface area contributed by atoms with Gasteiger partial charge in [-0.3, -0.25) is 0 Å². The van der Waals surface area contributed by atoms with Gasteiger partial charge in [-0.25, -0.2) is 4.98 Å². The predicted octanol–water partition coefficient (Wildman–Crippen LogP) is 2.67. The summed E-state index contributed by atoms with van der Waals surface area (Å²) >= 11 is 9.02. The van der Waals surface area contributed by atoms with Crippen molar-refractivity contribution < 1.29 is 0 Å². The molecule has 0 fully saturated rings. The molecule has 1 aromatic rings. The first-order chi connectivity index (χ1) is 5.24. The van der Waals surface area contributed by atoms with Gasteiger partial charge in [0, 0.05) is 22.7 Å². The van der Waals surface area contributed by atoms with Gasteiger partial charge in [0.2, 0.25) is 0 Å². The first-order valence-corrected chi connectivity index (χ1v) is 4.14. The molecular formula is C8H5BrClN. The lowest BCUT2D eigenvalue weighted by molar-refractivity contribution is 1.20. The number of pyridine rings is 1. The maximum atomic E-state index is 5.75. The fourth-order valence-corrected chi connectivity index (χ4v) is 1.25. The maximum absolute atomic E-state index is 5.75. The molecule has 0 aliphatic rings. The summed E-state index contributed by atoms with van der Waals surface area (Å²) in [5.41, 5.74) is 0.878. The second kappa shape index (κ2) is 3.75. The largest absolute Gasteiger partial charge is 0.243 e. The molecule has 56 valence electrons. The minimum atomic E-state index is 0.478. The van der Waals surface area contributed by atoms with E-state index in [1.54, 1.807) is 6.20 Å². The standard InChI is InChI=1S/C8H5BrClN/c1-2-3-6-4-7(9)5-11-8(6)10/h1,4-5H,3H2. The molecule has 0 radical (unpaired) electrons. The van der Waals surface area contributed by atoms with Gasteiger partial charge >= 0.3 is 0 Å². The Hall–Kier alpha value is -0.520. The number of nitrogens with zero attached hydrogens (tertiary/aromatic N) is 1. The summed E-state index contributed by atoms with van der Waals surface area (Å²) in [7, 11) is 0. The zero-order chi connectivity index (χ0) is 8.27. The normalized spacial score (nSPS) is 9.18. The van der Waals surface area contributed by atoms with Crippen LogP contribution < -0.4 is 0 Å². The highest BCUT2D eigenvalue weighted by molar-refractivity contribution is 9.10. The molecule has 0 N–H and O–H groups in total. The first-order valence-electron chi connectivity index (χ1n) is 2.97. The van der Waals surface area contributed by atoms with E-state index in [0.717, 1.165) is 10.0 Å². The lowest BCUT2D eigenvalue weighted by atomic mass is 10.2. The van der Waals surface area contributed by atoms with Gasteiger partial charge in [-0.15, -0.1) is 12.3 Å². The molecule has 1 rings (SSSR count). The Labute approximate surface area is 78.9 Å². The molecule has 0 aliphatic heterocycles. The topological polar surface area (TPSA) is 12.9 Å². The molecule has 1 aromatic heterocycles. The number of rotatable bonds is 1. The van der Waals surface area contributed by atoms with Crippen LogP contribution in [-0.4, -0.2) is 4.98 Å². The highest BCUT2D eigenvalue weighted by Gasteiger charge is 1.99. The third-order valence-corrected chi connectivity index (χ3v) is 1.94. The summed E-state index contributed by atoms with van der Waals surface area (Å²) in [5.74, 6) is 2.51. The summed E-state index contributed by atoms with van der Waals surface area (Å²) in [4.78, 5) is 3.92. The Kier molecular flexibility index (Phi) is 2.92. The van der Waals surface area contributed by atoms with Crippen molar-refractivity contribution in [1.29, 1.82) is 0 Å². The van der Waals surface area contributed by atoms with Crippen LogP contribution in [0.1, 0.15) is 5.56 Å². The third-order valence-electron chi connectivity index (χ3n) is 1.17. The molecule has 0 saturated heterocycles. The van der Waals surface area contributed by atoms with E-state index in [-0.39, 0.29) is 0 Å². The number of hydrogen-bond acceptors (Lipinski definition) is 1. The van der Waals surface area contributed by atoms with Gasteiger partial charge < -0.3 is 0 Å². The van der Waals surface area contributed by atoms with Gasteiger partial charge in [-0.05, 0) is 22.0 Å². The molecule has 0 amide bonds. The molecule has 1 heterocycles. The number of terminal acetylenes is 1. The van der Waals surface area contributed by atoms with Crippen molar-refractivity contribution in [1.82, 2.24) is 4.98 Å². The SMILES string of the molecule is C#CCc1cc(Br)cnc1Cl. The van der Waals surface area contributed by atoms with E-state index in [1.165, 1.54) is 0 Å². The molecule has 0 spiro atoms. The van der Waals surface area contributed by atoms with Gasteiger partial charge in [0.05, 0.1) is 0 Å². The van der Waals surface area contributed by atoms with Crippen LogP contribution in [0.15, 0.2) is 16.7 Å². The fourth-order valence-electron chi connectivity index (χ4n) is 0.698. The monoisotopic (exact) mass is 229 g/mol. The number of aromatic nitrogens is 1. The Morgan fingerprint density at radius 2 is 2.45 bits per heavy atom. The summed E-state index contributed by atoms with van der Waals surface area (Å²) in [6.07, 6.45) is 7.29. The molecule has 0 bridgehead atoms. The van der Waals surface area contributed by atoms with Crippen LogP contribution in [0.25, 0.3) is 0 Å². The van der Waals surface area contributed by atoms with E-state index in [1.807, 2.05) is 6.07 Å². The van der Waals surface area contributed by atoms with Crippen molar-refractivity contribution in [2.24, 2.45) is 0 Å². The number of hydrogen-bond donors (Lipinski definition) is 0. The minimum Gasteiger partial charge on any atom is -0.243 e. The highest BCUT2D eigenvalue weighted by atomic mass is 79.9. The molecule has 0 aliphatic carbocycles. The minimum absolute atomic E-state index is 0.478. The smallest absolute Gasteiger partial charge is 0.133 e. The van der Waals surface area contributed by atoms with Crippen LogP contribution in [0.4, 0.5) is 0 Å². The molecular weight excluding hydrogens is 225 g/mol. The lowest BCUT2D eigenvalue weighted by Crippen LogP contribution is -1.86. The van der Waals surface area contributed by atoms with E-state index >= 15 is 0 Å². The van der Waals surface area contributed by atoms with E-state index in [4.69, 9.17) is 18.0 Å². The van der Waals surface area contributed by atoms with Gasteiger partial charge in [0.25, 0.3) is 0 Å². The summed E-state index contributed by atoms with van der Waals surface area (Å²) < 4.78 is 0.896. The first kappa shape index (κ1) is 8.58. The number of halogens is 2. The molecule has 0 atom stereocenters. The molecule has 0 saturated carbocycles. The second-order valence-corrected chi connectivity index (χ2v) is 3.26. The quantitative estimate of drug-likeness (QED) is 0.534. The lowest BCUT2D eigenvalue weighted by Gasteiger charge is -1.98. The van der Waals surface area contributed by atoms with Crippen molar-refractivity contribution in [2.45, 2.75) is 6.42 Å². The second-order valence-electron chi connectivity index (χ2n) is 1.98. The zero-order valence-corrected chi connectivity index (χ0v) is 7.98. The van der Waals surface area contributed by atoms with Crippen molar-refractivity contribution in [3.63, 3.8) is 0 Å². The third kappa shape index (κ3) is 2.21. The fraction of sp³-hybridized carbons (Fsp3) is 0.125. The Bertz CT molecular complexity index is 303. The van der Waals surface area contributed by atoms with Gasteiger partial charge in [-0.1, -0.05) is 11.6 Å². The van der Waals surface area contributed by atoms with E-state index in [2.05, 4.69) is 26.8 Å². The van der Waals surface area contributed by atoms with Gasteiger partial charge in [0.1, 0.15) is 5.15 Å². The molecule has 11 heavy (non-hydrogen) atoms. The van der Waals surface area contributed by atoms with Crippen LogP contribution in [0.2, 0.25) is 5.15 Å². The maximum Gasteiger partial charge on any atom is 0.133 e. The van der Waals surface area contributed by atoms with Gasteiger partial charge in [-0.2, -0.15) is 0 Å². The van der Waals surface area contributed by atoms with Crippen LogP contribution >= 0.6 is 27.5 Å².